The van der Waals surface area contributed by atoms with Crippen LogP contribution in [-0.2, 0) is 11.3 Å². The van der Waals surface area contributed by atoms with Crippen molar-refractivity contribution in [1.82, 2.24) is 15.3 Å². The minimum absolute atomic E-state index is 0.00133. The molecule has 0 atom stereocenters. The summed E-state index contributed by atoms with van der Waals surface area (Å²) < 4.78 is 0. The molecule has 2 heterocycles. The molecule has 3 aromatic rings. The van der Waals surface area contributed by atoms with E-state index in [1.807, 2.05) is 57.2 Å². The fraction of sp³-hybridized carbons (Fsp3) is 0.391. The van der Waals surface area contributed by atoms with Crippen molar-refractivity contribution in [2.75, 3.05) is 5.75 Å². The van der Waals surface area contributed by atoms with E-state index in [9.17, 15) is 9.59 Å². The third kappa shape index (κ3) is 4.90. The van der Waals surface area contributed by atoms with Crippen molar-refractivity contribution in [2.24, 2.45) is 5.41 Å². The average molecular weight is 440 g/mol. The number of para-hydroxylation sites is 1. The SMILES string of the molecule is CC(C)(C)C(=O)NCc1ccc(C(=O)CSc2nc(C3CC3)nc3ccccc23)s1. The smallest absolute Gasteiger partial charge is 0.225 e. The monoisotopic (exact) mass is 439 g/mol. The van der Waals surface area contributed by atoms with E-state index in [4.69, 9.17) is 9.97 Å². The van der Waals surface area contributed by atoms with Gasteiger partial charge in [0.15, 0.2) is 5.78 Å². The van der Waals surface area contributed by atoms with Crippen LogP contribution in [-0.4, -0.2) is 27.4 Å². The fourth-order valence-electron chi connectivity index (χ4n) is 2.96. The second-order valence-corrected chi connectivity index (χ2v) is 10.7. The molecule has 7 heteroatoms. The Bertz CT molecular complexity index is 1100. The summed E-state index contributed by atoms with van der Waals surface area (Å²) >= 11 is 2.92. The Morgan fingerprint density at radius 2 is 1.90 bits per heavy atom. The van der Waals surface area contributed by atoms with E-state index < -0.39 is 5.41 Å². The number of Topliss-reactive ketones (excluding diaryl/α,β-unsaturated/α-hetero) is 1. The Kier molecular flexibility index (Phi) is 5.93. The van der Waals surface area contributed by atoms with Crippen LogP contribution >= 0.6 is 23.1 Å². The van der Waals surface area contributed by atoms with E-state index in [1.54, 1.807) is 0 Å². The van der Waals surface area contributed by atoms with Crippen LogP contribution in [0.4, 0.5) is 0 Å². The zero-order chi connectivity index (χ0) is 21.3. The quantitative estimate of drug-likeness (QED) is 0.311. The van der Waals surface area contributed by atoms with Gasteiger partial charge in [-0.3, -0.25) is 9.59 Å². The lowest BCUT2D eigenvalue weighted by Crippen LogP contribution is -2.34. The zero-order valence-corrected chi connectivity index (χ0v) is 19.0. The number of carbonyl (C=O) groups excluding carboxylic acids is 2. The highest BCUT2D eigenvalue weighted by Gasteiger charge is 2.27. The van der Waals surface area contributed by atoms with Crippen molar-refractivity contribution >= 4 is 45.7 Å². The average Bonchev–Trinajstić information content (AvgIpc) is 3.47. The van der Waals surface area contributed by atoms with E-state index in [2.05, 4.69) is 5.32 Å². The molecule has 1 amide bonds. The molecule has 1 N–H and O–H groups in total. The number of ketones is 1. The van der Waals surface area contributed by atoms with Crippen molar-refractivity contribution in [2.45, 2.75) is 51.1 Å². The van der Waals surface area contributed by atoms with E-state index in [0.29, 0.717) is 23.1 Å². The number of nitrogens with zero attached hydrogens (tertiary/aromatic N) is 2. The maximum absolute atomic E-state index is 12.8. The summed E-state index contributed by atoms with van der Waals surface area (Å²) in [5.74, 6) is 1.78. The van der Waals surface area contributed by atoms with Gasteiger partial charge < -0.3 is 5.32 Å². The first-order valence-electron chi connectivity index (χ1n) is 10.1. The molecule has 0 unspecified atom stereocenters. The second-order valence-electron chi connectivity index (χ2n) is 8.59. The van der Waals surface area contributed by atoms with Gasteiger partial charge in [0, 0.05) is 21.6 Å². The topological polar surface area (TPSA) is 72.0 Å². The fourth-order valence-corrected chi connectivity index (χ4v) is 4.85. The minimum Gasteiger partial charge on any atom is -0.351 e. The summed E-state index contributed by atoms with van der Waals surface area (Å²) in [5.41, 5.74) is 0.518. The number of hydrogen-bond donors (Lipinski definition) is 1. The zero-order valence-electron chi connectivity index (χ0n) is 17.4. The number of hydrogen-bond acceptors (Lipinski definition) is 6. The van der Waals surface area contributed by atoms with Gasteiger partial charge in [0.25, 0.3) is 0 Å². The van der Waals surface area contributed by atoms with Gasteiger partial charge in [-0.05, 0) is 31.0 Å². The summed E-state index contributed by atoms with van der Waals surface area (Å²) in [6.07, 6.45) is 2.29. The van der Waals surface area contributed by atoms with Gasteiger partial charge in [0.1, 0.15) is 10.9 Å². The summed E-state index contributed by atoms with van der Waals surface area (Å²) in [7, 11) is 0. The first-order chi connectivity index (χ1) is 14.3. The van der Waals surface area contributed by atoms with E-state index >= 15 is 0 Å². The van der Waals surface area contributed by atoms with Crippen LogP contribution in [0.2, 0.25) is 0 Å². The number of aromatic nitrogens is 2. The van der Waals surface area contributed by atoms with Gasteiger partial charge >= 0.3 is 0 Å². The van der Waals surface area contributed by atoms with Gasteiger partial charge in [-0.1, -0.05) is 50.7 Å². The maximum atomic E-state index is 12.8. The molecule has 1 aliphatic rings. The van der Waals surface area contributed by atoms with E-state index in [1.165, 1.54) is 23.1 Å². The molecule has 1 aromatic carbocycles. The standard InChI is InChI=1S/C23H25N3O2S2/c1-23(2,3)22(28)24-12-15-10-11-19(30-15)18(27)13-29-21-16-6-4-5-7-17(16)25-20(26-21)14-8-9-14/h4-7,10-11,14H,8-9,12-13H2,1-3H3,(H,24,28). The molecule has 2 aromatic heterocycles. The minimum atomic E-state index is -0.424. The van der Waals surface area contributed by atoms with Crippen molar-refractivity contribution in [3.8, 4) is 0 Å². The van der Waals surface area contributed by atoms with Gasteiger partial charge in [0.05, 0.1) is 22.7 Å². The number of carbonyl (C=O) groups is 2. The number of benzene rings is 1. The Morgan fingerprint density at radius 3 is 2.63 bits per heavy atom. The lowest BCUT2D eigenvalue weighted by Gasteiger charge is -2.17. The highest BCUT2D eigenvalue weighted by atomic mass is 32.2. The molecule has 4 rings (SSSR count). The molecule has 0 aliphatic heterocycles. The van der Waals surface area contributed by atoms with Crippen LogP contribution in [0.25, 0.3) is 10.9 Å². The number of amides is 1. The molecule has 0 spiro atoms. The first-order valence-corrected chi connectivity index (χ1v) is 11.9. The third-order valence-corrected chi connectivity index (χ3v) is 7.03. The first kappa shape index (κ1) is 21.0. The Balaban J connectivity index is 1.42. The Morgan fingerprint density at radius 1 is 1.13 bits per heavy atom. The lowest BCUT2D eigenvalue weighted by molar-refractivity contribution is -0.128. The second kappa shape index (κ2) is 8.47. The molecule has 156 valence electrons. The molecule has 0 saturated heterocycles. The summed E-state index contributed by atoms with van der Waals surface area (Å²) in [6, 6.07) is 11.7. The molecular formula is C23H25N3O2S2. The highest BCUT2D eigenvalue weighted by Crippen LogP contribution is 2.40. The normalized spacial score (nSPS) is 14.1. The summed E-state index contributed by atoms with van der Waals surface area (Å²) in [4.78, 5) is 35.9. The van der Waals surface area contributed by atoms with Gasteiger partial charge in [-0.2, -0.15) is 0 Å². The number of fused-ring (bicyclic) bond motifs is 1. The molecule has 30 heavy (non-hydrogen) atoms. The molecular weight excluding hydrogens is 414 g/mol. The van der Waals surface area contributed by atoms with Crippen LogP contribution in [0, 0.1) is 5.41 Å². The summed E-state index contributed by atoms with van der Waals surface area (Å²) in [5, 5.41) is 4.81. The molecule has 0 bridgehead atoms. The largest absolute Gasteiger partial charge is 0.351 e. The maximum Gasteiger partial charge on any atom is 0.225 e. The van der Waals surface area contributed by atoms with Crippen LogP contribution < -0.4 is 5.32 Å². The van der Waals surface area contributed by atoms with Gasteiger partial charge in [-0.25, -0.2) is 9.97 Å². The molecule has 1 saturated carbocycles. The molecule has 5 nitrogen and oxygen atoms in total. The highest BCUT2D eigenvalue weighted by molar-refractivity contribution is 8.00. The number of thiophene rings is 1. The van der Waals surface area contributed by atoms with Crippen molar-refractivity contribution in [1.29, 1.82) is 0 Å². The predicted octanol–water partition coefficient (Wildman–Crippen LogP) is 5.21. The number of nitrogens with one attached hydrogen (secondary N) is 1. The van der Waals surface area contributed by atoms with E-state index in [0.717, 1.165) is 39.5 Å². The number of thioether (sulfide) groups is 1. The molecule has 1 fully saturated rings. The van der Waals surface area contributed by atoms with Crippen LogP contribution in [0.3, 0.4) is 0 Å². The Hall–Kier alpha value is -2.25. The van der Waals surface area contributed by atoms with E-state index in [-0.39, 0.29) is 11.7 Å². The van der Waals surface area contributed by atoms with Crippen LogP contribution in [0.1, 0.15) is 59.9 Å². The molecule has 1 aliphatic carbocycles. The van der Waals surface area contributed by atoms with Crippen molar-refractivity contribution < 1.29 is 9.59 Å². The lowest BCUT2D eigenvalue weighted by atomic mass is 9.96. The van der Waals surface area contributed by atoms with Crippen molar-refractivity contribution in [3.63, 3.8) is 0 Å². The van der Waals surface area contributed by atoms with Crippen LogP contribution in [0.15, 0.2) is 41.4 Å². The predicted molar refractivity (Wildman–Crippen MR) is 122 cm³/mol. The Labute approximate surface area is 184 Å². The van der Waals surface area contributed by atoms with Gasteiger partial charge in [0.2, 0.25) is 5.91 Å². The molecule has 0 radical (unpaired) electrons. The number of rotatable bonds is 7. The van der Waals surface area contributed by atoms with Gasteiger partial charge in [-0.15, -0.1) is 11.3 Å². The third-order valence-electron chi connectivity index (χ3n) is 4.91. The van der Waals surface area contributed by atoms with Crippen molar-refractivity contribution in [3.05, 3.63) is 52.0 Å². The summed E-state index contributed by atoms with van der Waals surface area (Å²) in [6.45, 7) is 6.10. The van der Waals surface area contributed by atoms with Crippen LogP contribution in [0.5, 0.6) is 0 Å².